The zero-order chi connectivity index (χ0) is 15.8. The summed E-state index contributed by atoms with van der Waals surface area (Å²) < 4.78 is 2.20. The Morgan fingerprint density at radius 2 is 2.39 bits per heavy atom. The fourth-order valence-corrected chi connectivity index (χ4v) is 3.34. The molecule has 0 saturated heterocycles. The van der Waals surface area contributed by atoms with Crippen LogP contribution < -0.4 is 0 Å². The van der Waals surface area contributed by atoms with Crippen LogP contribution in [-0.2, 0) is 13.0 Å². The summed E-state index contributed by atoms with van der Waals surface area (Å²) in [5.74, 6) is 1.65. The number of hydrogen-bond acceptors (Lipinski definition) is 3. The summed E-state index contributed by atoms with van der Waals surface area (Å²) in [6.45, 7) is 1.75. The van der Waals surface area contributed by atoms with E-state index in [0.29, 0.717) is 11.5 Å². The van der Waals surface area contributed by atoms with E-state index in [1.165, 1.54) is 0 Å². The highest BCUT2D eigenvalue weighted by Crippen LogP contribution is 2.21. The van der Waals surface area contributed by atoms with Crippen molar-refractivity contribution in [1.82, 2.24) is 24.6 Å². The maximum atomic E-state index is 12.7. The molecule has 1 aliphatic heterocycles. The zero-order valence-electron chi connectivity index (χ0n) is 13.1. The van der Waals surface area contributed by atoms with Gasteiger partial charge in [0.15, 0.2) is 0 Å². The summed E-state index contributed by atoms with van der Waals surface area (Å²) in [4.78, 5) is 18.9. The maximum Gasteiger partial charge on any atom is 0.253 e. The third-order valence-electron chi connectivity index (χ3n) is 4.62. The van der Waals surface area contributed by atoms with E-state index in [4.69, 9.17) is 0 Å². The average Bonchev–Trinajstić information content (AvgIpc) is 3.21. The van der Waals surface area contributed by atoms with Gasteiger partial charge >= 0.3 is 0 Å². The third-order valence-corrected chi connectivity index (χ3v) is 4.62. The van der Waals surface area contributed by atoms with Gasteiger partial charge in [-0.05, 0) is 30.5 Å². The van der Waals surface area contributed by atoms with Crippen molar-refractivity contribution < 1.29 is 4.79 Å². The van der Waals surface area contributed by atoms with Crippen LogP contribution in [0.2, 0.25) is 0 Å². The molecule has 1 atom stereocenters. The molecule has 4 rings (SSSR count). The van der Waals surface area contributed by atoms with Crippen LogP contribution in [0.15, 0.2) is 36.8 Å². The molecule has 3 aromatic rings. The van der Waals surface area contributed by atoms with Gasteiger partial charge in [-0.1, -0.05) is 0 Å². The standard InChI is InChI=1S/C17H19N5O/c1-21(11-12-4-6-22-7-5-18-16(22)8-12)17(23)13-2-3-15-14(9-13)10-19-20-15/h2-3,5,7,9-10,12H,4,6,8,11H2,1H3,(H,19,20)/t12-/m0/s1. The number of aromatic nitrogens is 4. The van der Waals surface area contributed by atoms with Crippen molar-refractivity contribution in [1.29, 1.82) is 0 Å². The van der Waals surface area contributed by atoms with E-state index in [1.54, 1.807) is 6.20 Å². The number of aromatic amines is 1. The maximum absolute atomic E-state index is 12.7. The van der Waals surface area contributed by atoms with E-state index in [1.807, 2.05) is 42.5 Å². The second-order valence-corrected chi connectivity index (χ2v) is 6.25. The molecule has 0 bridgehead atoms. The lowest BCUT2D eigenvalue weighted by atomic mass is 9.97. The minimum Gasteiger partial charge on any atom is -0.341 e. The number of carbonyl (C=O) groups excluding carboxylic acids is 1. The van der Waals surface area contributed by atoms with E-state index >= 15 is 0 Å². The molecule has 118 valence electrons. The Morgan fingerprint density at radius 1 is 1.48 bits per heavy atom. The number of nitrogens with one attached hydrogen (secondary N) is 1. The second-order valence-electron chi connectivity index (χ2n) is 6.25. The van der Waals surface area contributed by atoms with Gasteiger partial charge in [0.2, 0.25) is 0 Å². The Hall–Kier alpha value is -2.63. The van der Waals surface area contributed by atoms with Crippen molar-refractivity contribution in [2.75, 3.05) is 13.6 Å². The van der Waals surface area contributed by atoms with Gasteiger partial charge in [-0.2, -0.15) is 5.10 Å². The fraction of sp³-hybridized carbons (Fsp3) is 0.353. The van der Waals surface area contributed by atoms with Crippen molar-refractivity contribution >= 4 is 16.8 Å². The van der Waals surface area contributed by atoms with Gasteiger partial charge in [0.05, 0.1) is 11.7 Å². The van der Waals surface area contributed by atoms with Crippen LogP contribution in [0.3, 0.4) is 0 Å². The van der Waals surface area contributed by atoms with Crippen LogP contribution in [0.5, 0.6) is 0 Å². The average molecular weight is 309 g/mol. The topological polar surface area (TPSA) is 66.8 Å². The van der Waals surface area contributed by atoms with Crippen molar-refractivity contribution in [2.45, 2.75) is 19.4 Å². The summed E-state index contributed by atoms with van der Waals surface area (Å²) in [5, 5.41) is 7.86. The normalized spacial score (nSPS) is 17.2. The van der Waals surface area contributed by atoms with E-state index in [0.717, 1.165) is 42.7 Å². The molecule has 6 heteroatoms. The first-order valence-electron chi connectivity index (χ1n) is 7.89. The van der Waals surface area contributed by atoms with Crippen LogP contribution >= 0.6 is 0 Å². The number of imidazole rings is 1. The number of carbonyl (C=O) groups is 1. The minimum atomic E-state index is 0.0574. The van der Waals surface area contributed by atoms with E-state index in [-0.39, 0.29) is 5.91 Å². The number of H-pyrrole nitrogens is 1. The molecule has 2 aromatic heterocycles. The summed E-state index contributed by atoms with van der Waals surface area (Å²) in [5.41, 5.74) is 1.65. The van der Waals surface area contributed by atoms with E-state index < -0.39 is 0 Å². The smallest absolute Gasteiger partial charge is 0.253 e. The molecular weight excluding hydrogens is 290 g/mol. The lowest BCUT2D eigenvalue weighted by Crippen LogP contribution is -2.35. The largest absolute Gasteiger partial charge is 0.341 e. The first-order chi connectivity index (χ1) is 11.2. The lowest BCUT2D eigenvalue weighted by Gasteiger charge is -2.28. The number of benzene rings is 1. The SMILES string of the molecule is CN(C[C@H]1CCn2ccnc2C1)C(=O)c1ccc2[nH]ncc2c1. The molecule has 6 nitrogen and oxygen atoms in total. The summed E-state index contributed by atoms with van der Waals surface area (Å²) in [7, 11) is 1.88. The minimum absolute atomic E-state index is 0.0574. The molecule has 0 radical (unpaired) electrons. The molecule has 0 spiro atoms. The van der Waals surface area contributed by atoms with Crippen LogP contribution in [0.25, 0.3) is 10.9 Å². The fourth-order valence-electron chi connectivity index (χ4n) is 3.34. The van der Waals surface area contributed by atoms with Crippen molar-refractivity contribution in [2.24, 2.45) is 5.92 Å². The predicted octanol–water partition coefficient (Wildman–Crippen LogP) is 2.09. The number of nitrogens with zero attached hydrogens (tertiary/aromatic N) is 4. The molecule has 1 aromatic carbocycles. The van der Waals surface area contributed by atoms with Gasteiger partial charge in [0.1, 0.15) is 5.82 Å². The Morgan fingerprint density at radius 3 is 3.30 bits per heavy atom. The van der Waals surface area contributed by atoms with E-state index in [9.17, 15) is 4.79 Å². The second kappa shape index (κ2) is 5.53. The summed E-state index contributed by atoms with van der Waals surface area (Å²) in [6.07, 6.45) is 7.65. The highest BCUT2D eigenvalue weighted by Gasteiger charge is 2.22. The first kappa shape index (κ1) is 14.0. The van der Waals surface area contributed by atoms with E-state index in [2.05, 4.69) is 19.7 Å². The van der Waals surface area contributed by atoms with Crippen molar-refractivity contribution in [3.63, 3.8) is 0 Å². The highest BCUT2D eigenvalue weighted by atomic mass is 16.2. The Labute approximate surface area is 134 Å². The molecule has 3 heterocycles. The number of fused-ring (bicyclic) bond motifs is 2. The van der Waals surface area contributed by atoms with Crippen LogP contribution in [-0.4, -0.2) is 44.1 Å². The molecule has 0 saturated carbocycles. The Kier molecular flexibility index (Phi) is 3.37. The van der Waals surface area contributed by atoms with Gasteiger partial charge < -0.3 is 9.47 Å². The number of aryl methyl sites for hydroxylation is 1. The molecule has 0 aliphatic carbocycles. The molecular formula is C17H19N5O. The summed E-state index contributed by atoms with van der Waals surface area (Å²) in [6, 6.07) is 5.65. The van der Waals surface area contributed by atoms with Crippen LogP contribution in [0.1, 0.15) is 22.6 Å². The zero-order valence-corrected chi connectivity index (χ0v) is 13.1. The molecule has 1 aliphatic rings. The molecule has 1 N–H and O–H groups in total. The van der Waals surface area contributed by atoms with Crippen molar-refractivity contribution in [3.05, 3.63) is 48.2 Å². The van der Waals surface area contributed by atoms with Crippen molar-refractivity contribution in [3.8, 4) is 0 Å². The number of hydrogen-bond donors (Lipinski definition) is 1. The third kappa shape index (κ3) is 2.60. The molecule has 0 unspecified atom stereocenters. The molecule has 1 amide bonds. The molecule has 0 fully saturated rings. The van der Waals surface area contributed by atoms with Crippen LogP contribution in [0, 0.1) is 5.92 Å². The van der Waals surface area contributed by atoms with Gasteiger partial charge in [0.25, 0.3) is 5.91 Å². The molecule has 23 heavy (non-hydrogen) atoms. The number of amides is 1. The summed E-state index contributed by atoms with van der Waals surface area (Å²) >= 11 is 0. The van der Waals surface area contributed by atoms with Gasteiger partial charge in [-0.3, -0.25) is 9.89 Å². The predicted molar refractivity (Wildman–Crippen MR) is 87.1 cm³/mol. The van der Waals surface area contributed by atoms with Gasteiger partial charge in [-0.25, -0.2) is 4.98 Å². The Balaban J connectivity index is 1.46. The first-order valence-corrected chi connectivity index (χ1v) is 7.89. The van der Waals surface area contributed by atoms with Gasteiger partial charge in [-0.15, -0.1) is 0 Å². The highest BCUT2D eigenvalue weighted by molar-refractivity contribution is 5.97. The number of rotatable bonds is 3. The van der Waals surface area contributed by atoms with Gasteiger partial charge in [0, 0.05) is 49.9 Å². The van der Waals surface area contributed by atoms with Crippen LogP contribution in [0.4, 0.5) is 0 Å². The quantitative estimate of drug-likeness (QED) is 0.805. The monoisotopic (exact) mass is 309 g/mol. The lowest BCUT2D eigenvalue weighted by molar-refractivity contribution is 0.0764. The Bertz CT molecular complexity index is 849.